The summed E-state index contributed by atoms with van der Waals surface area (Å²) in [6.45, 7) is 15.1. The molecule has 1 saturated heterocycles. The van der Waals surface area contributed by atoms with Crippen LogP contribution in [0, 0.1) is 17.8 Å². The number of aliphatic hydroxyl groups is 1. The molecule has 1 aliphatic carbocycles. The van der Waals surface area contributed by atoms with Crippen molar-refractivity contribution in [3.8, 4) is 10.4 Å². The number of likely N-dealkylation sites (tertiary alicyclic amines) is 1. The Morgan fingerprint density at radius 2 is 1.58 bits per heavy atom. The molecule has 4 aromatic rings. The van der Waals surface area contributed by atoms with E-state index in [9.17, 15) is 38.7 Å². The quantitative estimate of drug-likeness (QED) is 0.0527. The number of carbonyl (C=O) groups is 7. The molecule has 0 bridgehead atoms. The number of β-amino-alcohol motifs (C(OH)–C–C–N with tert-alkyl or cyclic N) is 1. The van der Waals surface area contributed by atoms with Gasteiger partial charge in [-0.2, -0.15) is 0 Å². The van der Waals surface area contributed by atoms with E-state index in [2.05, 4.69) is 26.3 Å². The van der Waals surface area contributed by atoms with Crippen LogP contribution in [0.4, 0.5) is 10.5 Å². The molecule has 2 fully saturated rings. The zero-order chi connectivity index (χ0) is 57.0. The van der Waals surface area contributed by atoms with Crippen molar-refractivity contribution in [1.82, 2.24) is 31.2 Å². The first kappa shape index (κ1) is 58.4. The molecule has 1 unspecified atom stereocenters. The van der Waals surface area contributed by atoms with E-state index in [-0.39, 0.29) is 57.2 Å². The Labute approximate surface area is 467 Å². The van der Waals surface area contributed by atoms with E-state index < -0.39 is 88.6 Å². The summed E-state index contributed by atoms with van der Waals surface area (Å²) in [6.07, 6.45) is 2.79. The van der Waals surface area contributed by atoms with Crippen LogP contribution >= 0.6 is 11.3 Å². The van der Waals surface area contributed by atoms with Crippen molar-refractivity contribution in [1.29, 1.82) is 0 Å². The number of alkyl carbamates (subject to hydrolysis) is 1. The zero-order valence-electron chi connectivity index (χ0n) is 46.8. The number of rotatable bonds is 21. The maximum Gasteiger partial charge on any atom is 0.408 e. The molecule has 4 heterocycles. The Morgan fingerprint density at radius 1 is 0.899 bits per heavy atom. The normalized spacial score (nSPS) is 20.5. The average Bonchev–Trinajstić information content (AvgIpc) is 3.84. The van der Waals surface area contributed by atoms with Crippen LogP contribution in [-0.4, -0.2) is 111 Å². The van der Waals surface area contributed by atoms with Crippen LogP contribution in [-0.2, 0) is 70.7 Å². The first-order chi connectivity index (χ1) is 37.4. The first-order valence-electron chi connectivity index (χ1n) is 27.7. The van der Waals surface area contributed by atoms with Gasteiger partial charge in [0, 0.05) is 37.8 Å². The summed E-state index contributed by atoms with van der Waals surface area (Å²) in [5, 5.41) is 22.6. The SMILES string of the molecule is Cc1ncsc1-c1ccc(CNC(=O)[C@@H]2C[C@@H](O)CN2C(=O)C(NC(=O)C2(CCCc3ccc(CO[C@H](C)[C@H](CCC(N)=O)NC(=O)[C@@H]4Cc5cccc6c5N4C(=O)[C@@H](NC(=O)OC(C)(C)C)CC6)cc3)CC2)C(C)(C)C)cc1. The summed E-state index contributed by atoms with van der Waals surface area (Å²) in [5.74, 6) is -2.26. The van der Waals surface area contributed by atoms with Crippen molar-refractivity contribution in [2.24, 2.45) is 16.6 Å². The van der Waals surface area contributed by atoms with Crippen LogP contribution in [0.15, 0.2) is 72.2 Å². The van der Waals surface area contributed by atoms with Gasteiger partial charge in [-0.15, -0.1) is 11.3 Å². The lowest BCUT2D eigenvalue weighted by Gasteiger charge is -2.36. The standard InChI is InChI=1S/C60H78N8O10S/c1-35-50(79-34-63-35)41-20-18-38(19-21-41)31-62-52(71)46-30-43(69)32-67(46)55(74)51(58(3,4)5)66-56(75)60(27-28-60)26-10-11-37-14-16-39(17-15-37)33-77-36(2)44(24-25-48(61)70)64-53(72)47-29-42-13-9-12-40-22-23-45(54(73)68(47)49(40)42)65-57(76)78-59(6,7)8/h9,12-21,34,36,43-47,51,69H,10-11,22-33H2,1-8H3,(H2,61,70)(H,62,71)(H,64,72)(H,65,76)(H,66,75)/t36-,43-,44+,45+,46+,47+,51?/m1/s1. The maximum absolute atomic E-state index is 14.4. The molecule has 1 saturated carbocycles. The third kappa shape index (κ3) is 14.4. The molecule has 0 spiro atoms. The fourth-order valence-electron chi connectivity index (χ4n) is 11.0. The molecule has 8 rings (SSSR count). The minimum atomic E-state index is -0.920. The second-order valence-corrected chi connectivity index (χ2v) is 24.9. The summed E-state index contributed by atoms with van der Waals surface area (Å²) in [5.41, 5.74) is 12.7. The number of aromatic nitrogens is 1. The fourth-order valence-corrected chi connectivity index (χ4v) is 11.8. The lowest BCUT2D eigenvalue weighted by atomic mass is 9.84. The number of carbonyl (C=O) groups excluding carboxylic acids is 7. The van der Waals surface area contributed by atoms with E-state index in [0.717, 1.165) is 56.8 Å². The smallest absolute Gasteiger partial charge is 0.408 e. The number of nitrogens with two attached hydrogens (primary N) is 1. The van der Waals surface area contributed by atoms with Gasteiger partial charge in [0.25, 0.3) is 0 Å². The molecule has 19 heteroatoms. The Bertz CT molecular complexity index is 2890. The highest BCUT2D eigenvalue weighted by Crippen LogP contribution is 2.50. The third-order valence-corrected chi connectivity index (χ3v) is 16.6. The highest BCUT2D eigenvalue weighted by molar-refractivity contribution is 7.13. The molecular weight excluding hydrogens is 1020 g/mol. The minimum absolute atomic E-state index is 0.00201. The number of anilines is 1. The van der Waals surface area contributed by atoms with Crippen molar-refractivity contribution in [2.75, 3.05) is 11.4 Å². The molecule has 3 aromatic carbocycles. The fraction of sp³-hybridized carbons (Fsp3) is 0.533. The van der Waals surface area contributed by atoms with Crippen LogP contribution < -0.4 is 31.9 Å². The van der Waals surface area contributed by atoms with Crippen LogP contribution in [0.5, 0.6) is 0 Å². The van der Waals surface area contributed by atoms with Crippen molar-refractivity contribution in [3.05, 3.63) is 106 Å². The molecule has 424 valence electrons. The minimum Gasteiger partial charge on any atom is -0.444 e. The van der Waals surface area contributed by atoms with Gasteiger partial charge in [0.05, 0.1) is 46.6 Å². The second kappa shape index (κ2) is 24.3. The Balaban J connectivity index is 0.822. The summed E-state index contributed by atoms with van der Waals surface area (Å²) < 4.78 is 11.8. The summed E-state index contributed by atoms with van der Waals surface area (Å²) >= 11 is 1.57. The monoisotopic (exact) mass is 1100 g/mol. The number of aryl methyl sites for hydroxylation is 3. The van der Waals surface area contributed by atoms with Gasteiger partial charge in [0.1, 0.15) is 29.8 Å². The molecule has 0 radical (unpaired) electrons. The van der Waals surface area contributed by atoms with E-state index >= 15 is 0 Å². The molecule has 7 atom stereocenters. The van der Waals surface area contributed by atoms with Gasteiger partial charge in [-0.1, -0.05) is 87.5 Å². The Hall–Kier alpha value is -6.70. The number of aliphatic hydroxyl groups excluding tert-OH is 1. The summed E-state index contributed by atoms with van der Waals surface area (Å²) in [4.78, 5) is 104. The van der Waals surface area contributed by atoms with E-state index in [0.29, 0.717) is 37.8 Å². The second-order valence-electron chi connectivity index (χ2n) is 24.0. The van der Waals surface area contributed by atoms with E-state index in [4.69, 9.17) is 15.2 Å². The van der Waals surface area contributed by atoms with Gasteiger partial charge >= 0.3 is 6.09 Å². The van der Waals surface area contributed by atoms with Crippen LogP contribution in [0.3, 0.4) is 0 Å². The number of benzene rings is 3. The predicted octanol–water partition coefficient (Wildman–Crippen LogP) is 6.48. The maximum atomic E-state index is 14.4. The number of ether oxygens (including phenoxy) is 2. The summed E-state index contributed by atoms with van der Waals surface area (Å²) in [7, 11) is 0. The van der Waals surface area contributed by atoms with Gasteiger partial charge in [0.2, 0.25) is 35.4 Å². The topological polar surface area (TPSA) is 252 Å². The lowest BCUT2D eigenvalue weighted by molar-refractivity contribution is -0.144. The van der Waals surface area contributed by atoms with Crippen molar-refractivity contribution in [2.45, 2.75) is 187 Å². The third-order valence-electron chi connectivity index (χ3n) is 15.7. The van der Waals surface area contributed by atoms with Crippen molar-refractivity contribution in [3.63, 3.8) is 0 Å². The number of primary amides is 1. The number of thiazole rings is 1. The van der Waals surface area contributed by atoms with Gasteiger partial charge in [-0.05, 0) is 125 Å². The molecule has 7 N–H and O–H groups in total. The Kier molecular flexibility index (Phi) is 18.0. The van der Waals surface area contributed by atoms with Gasteiger partial charge in [-0.25, -0.2) is 9.78 Å². The number of hydrogen-bond acceptors (Lipinski definition) is 12. The Morgan fingerprint density at radius 3 is 2.23 bits per heavy atom. The molecule has 7 amide bonds. The number of nitrogens with one attached hydrogen (secondary N) is 4. The van der Waals surface area contributed by atoms with Gasteiger partial charge in [0.15, 0.2) is 0 Å². The van der Waals surface area contributed by atoms with Gasteiger partial charge in [-0.3, -0.25) is 33.7 Å². The van der Waals surface area contributed by atoms with Gasteiger partial charge < -0.3 is 46.5 Å². The molecule has 3 aliphatic heterocycles. The molecule has 4 aliphatic rings. The number of amides is 7. The number of nitrogens with zero attached hydrogens (tertiary/aromatic N) is 3. The molecular formula is C60H78N8O10S. The molecule has 79 heavy (non-hydrogen) atoms. The van der Waals surface area contributed by atoms with Crippen LogP contribution in [0.25, 0.3) is 10.4 Å². The van der Waals surface area contributed by atoms with E-state index in [1.807, 2.05) is 107 Å². The van der Waals surface area contributed by atoms with E-state index in [1.165, 1.54) is 9.80 Å². The highest BCUT2D eigenvalue weighted by atomic mass is 32.1. The van der Waals surface area contributed by atoms with Crippen LogP contribution in [0.2, 0.25) is 0 Å². The van der Waals surface area contributed by atoms with E-state index in [1.54, 1.807) is 32.1 Å². The molecule has 18 nitrogen and oxygen atoms in total. The summed E-state index contributed by atoms with van der Waals surface area (Å²) in [6, 6.07) is 17.4. The zero-order valence-corrected chi connectivity index (χ0v) is 47.6. The predicted molar refractivity (Wildman–Crippen MR) is 300 cm³/mol. The largest absolute Gasteiger partial charge is 0.444 e. The first-order valence-corrected chi connectivity index (χ1v) is 28.6. The molecule has 1 aromatic heterocycles. The lowest BCUT2D eigenvalue weighted by Crippen LogP contribution is -2.58. The highest BCUT2D eigenvalue weighted by Gasteiger charge is 2.52. The number of para-hydroxylation sites is 1. The van der Waals surface area contributed by atoms with Crippen molar-refractivity contribution >= 4 is 58.6 Å². The van der Waals surface area contributed by atoms with Crippen molar-refractivity contribution < 1.29 is 48.1 Å². The number of hydrogen-bond donors (Lipinski definition) is 6. The van der Waals surface area contributed by atoms with Crippen LogP contribution in [0.1, 0.15) is 133 Å². The average molecular weight is 1100 g/mol.